The van der Waals surface area contributed by atoms with Gasteiger partial charge in [-0.15, -0.1) is 6.42 Å². The van der Waals surface area contributed by atoms with Crippen molar-refractivity contribution in [2.24, 2.45) is 11.3 Å². The van der Waals surface area contributed by atoms with Gasteiger partial charge in [-0.25, -0.2) is 0 Å². The smallest absolute Gasteiger partial charge is 0.241 e. The molecule has 158 valence electrons. The van der Waals surface area contributed by atoms with E-state index in [1.807, 2.05) is 29.7 Å². The minimum absolute atomic E-state index is 0.00454. The van der Waals surface area contributed by atoms with Crippen LogP contribution in [0.5, 0.6) is 0 Å². The predicted octanol–water partition coefficient (Wildman–Crippen LogP) is 5.37. The lowest BCUT2D eigenvalue weighted by molar-refractivity contribution is 0.105. The molecule has 1 unspecified atom stereocenters. The first-order valence-corrected chi connectivity index (χ1v) is 10.4. The van der Waals surface area contributed by atoms with Crippen molar-refractivity contribution in [3.05, 3.63) is 70.1 Å². The van der Waals surface area contributed by atoms with Crippen molar-refractivity contribution >= 4 is 16.9 Å². The van der Waals surface area contributed by atoms with Crippen LogP contribution in [-0.2, 0) is 0 Å². The molecule has 4 heteroatoms. The Labute approximate surface area is 183 Å². The third-order valence-corrected chi connectivity index (χ3v) is 5.51. The molecule has 4 nitrogen and oxygen atoms in total. The summed E-state index contributed by atoms with van der Waals surface area (Å²) < 4.78 is 7.31. The van der Waals surface area contributed by atoms with Gasteiger partial charge in [-0.2, -0.15) is 0 Å². The number of carbonyl (C=O) groups excluding carboxylic acids is 1. The van der Waals surface area contributed by atoms with Crippen LogP contribution in [0.3, 0.4) is 0 Å². The predicted molar refractivity (Wildman–Crippen MR) is 124 cm³/mol. The first-order valence-electron chi connectivity index (χ1n) is 10.4. The molecule has 0 bridgehead atoms. The Bertz CT molecular complexity index is 1210. The number of carbonyl (C=O) groups is 1. The highest BCUT2D eigenvalue weighted by Crippen LogP contribution is 2.37. The van der Waals surface area contributed by atoms with Crippen LogP contribution >= 0.6 is 0 Å². The summed E-state index contributed by atoms with van der Waals surface area (Å²) in [6, 6.07) is 3.38. The van der Waals surface area contributed by atoms with Crippen LogP contribution in [0.15, 0.2) is 52.2 Å². The van der Waals surface area contributed by atoms with Crippen molar-refractivity contribution in [2.45, 2.75) is 47.1 Å². The van der Waals surface area contributed by atoms with E-state index in [4.69, 9.17) is 10.8 Å². The lowest BCUT2D eigenvalue weighted by Crippen LogP contribution is -2.29. The van der Waals surface area contributed by atoms with Gasteiger partial charge in [0, 0.05) is 35.4 Å². The minimum Gasteiger partial charge on any atom is -0.472 e. The van der Waals surface area contributed by atoms with E-state index in [9.17, 15) is 9.59 Å². The molecule has 1 aliphatic carbocycles. The number of hydrogen-bond acceptors (Lipinski definition) is 3. The molecule has 0 saturated heterocycles. The molecule has 0 N–H and O–H groups in total. The van der Waals surface area contributed by atoms with E-state index in [0.717, 1.165) is 23.1 Å². The van der Waals surface area contributed by atoms with Gasteiger partial charge < -0.3 is 8.98 Å². The van der Waals surface area contributed by atoms with Crippen molar-refractivity contribution in [2.75, 3.05) is 0 Å². The number of aromatic nitrogens is 1. The zero-order valence-corrected chi connectivity index (χ0v) is 18.7. The molecule has 0 fully saturated rings. The van der Waals surface area contributed by atoms with Crippen LogP contribution in [0, 0.1) is 35.5 Å². The number of rotatable bonds is 5. The number of furan rings is 1. The van der Waals surface area contributed by atoms with Crippen molar-refractivity contribution < 1.29 is 9.21 Å². The molecule has 2 aromatic heterocycles. The first-order chi connectivity index (χ1) is 14.7. The Morgan fingerprint density at radius 1 is 1.39 bits per heavy atom. The Morgan fingerprint density at radius 3 is 2.71 bits per heavy atom. The van der Waals surface area contributed by atoms with Crippen LogP contribution in [0.1, 0.15) is 68.7 Å². The van der Waals surface area contributed by atoms with Gasteiger partial charge in [-0.3, -0.25) is 9.59 Å². The number of pyridine rings is 1. The van der Waals surface area contributed by atoms with Crippen LogP contribution in [0.2, 0.25) is 0 Å². The lowest BCUT2D eigenvalue weighted by Gasteiger charge is -2.34. The third-order valence-electron chi connectivity index (χ3n) is 5.51. The summed E-state index contributed by atoms with van der Waals surface area (Å²) >= 11 is 0. The maximum atomic E-state index is 12.9. The molecule has 2 aromatic rings. The van der Waals surface area contributed by atoms with E-state index >= 15 is 0 Å². The second-order valence-electron chi connectivity index (χ2n) is 8.83. The zero-order chi connectivity index (χ0) is 22.8. The van der Waals surface area contributed by atoms with Gasteiger partial charge in [0.05, 0.1) is 29.4 Å². The molecule has 0 radical (unpaired) electrons. The zero-order valence-electron chi connectivity index (χ0n) is 18.7. The quantitative estimate of drug-likeness (QED) is 0.376. The van der Waals surface area contributed by atoms with Gasteiger partial charge in [-0.05, 0) is 30.7 Å². The van der Waals surface area contributed by atoms with Crippen molar-refractivity contribution in [1.82, 2.24) is 4.57 Å². The maximum absolute atomic E-state index is 12.9. The molecule has 0 aliphatic heterocycles. The highest BCUT2D eigenvalue weighted by molar-refractivity contribution is 6.08. The number of hydrogen-bond donors (Lipinski definition) is 0. The van der Waals surface area contributed by atoms with Gasteiger partial charge in [-0.1, -0.05) is 51.7 Å². The monoisotopic (exact) mass is 413 g/mol. The molecular weight excluding hydrogens is 386 g/mol. The summed E-state index contributed by atoms with van der Waals surface area (Å²) in [7, 11) is 0. The molecule has 2 atom stereocenters. The number of allylic oxidation sites excluding steroid dienone is 4. The SMILES string of the molecule is C#CC(=O)c1cn([C@@H](CC)C(C)(C)C)c(C2=C(c3ccoc3)C=CC(C)C#C2)cc1=O. The van der Waals surface area contributed by atoms with Crippen molar-refractivity contribution in [3.63, 3.8) is 0 Å². The minimum atomic E-state index is -0.612. The fourth-order valence-electron chi connectivity index (χ4n) is 3.97. The fourth-order valence-corrected chi connectivity index (χ4v) is 3.97. The fraction of sp³-hybridized carbons (Fsp3) is 0.333. The largest absolute Gasteiger partial charge is 0.472 e. The second-order valence-corrected chi connectivity index (χ2v) is 8.83. The number of Topliss-reactive ketones (excluding diaryl/α,β-unsaturated/α-hetero) is 1. The number of ketones is 1. The standard InChI is InChI=1S/C27H27NO3/c1-7-24(29)22-16-28(26(8-2)27(4,5)6)23(15-25(22)30)21-12-10-18(3)9-11-20(21)19-13-14-31-17-19/h1,9,11,13-18,26H,8H2,2-6H3/t18?,26-/m0/s1. The summed E-state index contributed by atoms with van der Waals surface area (Å²) in [5.41, 5.74) is 2.61. The molecular formula is C27H27NO3. The van der Waals surface area contributed by atoms with E-state index < -0.39 is 11.2 Å². The lowest BCUT2D eigenvalue weighted by atomic mass is 9.84. The van der Waals surface area contributed by atoms with Crippen LogP contribution < -0.4 is 5.43 Å². The van der Waals surface area contributed by atoms with Gasteiger partial charge in [0.2, 0.25) is 5.78 Å². The van der Waals surface area contributed by atoms with Gasteiger partial charge >= 0.3 is 0 Å². The van der Waals surface area contributed by atoms with E-state index in [1.54, 1.807) is 18.7 Å². The van der Waals surface area contributed by atoms with Crippen molar-refractivity contribution in [3.8, 4) is 24.2 Å². The average Bonchev–Trinajstić information content (AvgIpc) is 3.17. The Kier molecular flexibility index (Phi) is 6.23. The molecule has 2 heterocycles. The second kappa shape index (κ2) is 8.70. The Balaban J connectivity index is 2.42. The Morgan fingerprint density at radius 2 is 2.13 bits per heavy atom. The van der Waals surface area contributed by atoms with E-state index in [0.29, 0.717) is 5.69 Å². The molecule has 0 spiro atoms. The molecule has 0 amide bonds. The van der Waals surface area contributed by atoms with Crippen LogP contribution in [-0.4, -0.2) is 10.4 Å². The topological polar surface area (TPSA) is 52.2 Å². The van der Waals surface area contributed by atoms with Gasteiger partial charge in [0.15, 0.2) is 5.43 Å². The summed E-state index contributed by atoms with van der Waals surface area (Å²) in [6.07, 6.45) is 15.0. The van der Waals surface area contributed by atoms with Crippen LogP contribution in [0.4, 0.5) is 0 Å². The van der Waals surface area contributed by atoms with E-state index in [-0.39, 0.29) is 22.9 Å². The first kappa shape index (κ1) is 22.2. The molecule has 0 saturated carbocycles. The van der Waals surface area contributed by atoms with Gasteiger partial charge in [0.1, 0.15) is 0 Å². The molecule has 31 heavy (non-hydrogen) atoms. The summed E-state index contributed by atoms with van der Waals surface area (Å²) in [4.78, 5) is 25.2. The number of terminal acetylenes is 1. The maximum Gasteiger partial charge on any atom is 0.241 e. The third kappa shape index (κ3) is 4.49. The molecule has 0 aromatic carbocycles. The van der Waals surface area contributed by atoms with Crippen molar-refractivity contribution in [1.29, 1.82) is 0 Å². The average molecular weight is 414 g/mol. The summed E-state index contributed by atoms with van der Waals surface area (Å²) in [6.45, 7) is 10.5. The van der Waals surface area contributed by atoms with Gasteiger partial charge in [0.25, 0.3) is 0 Å². The van der Waals surface area contributed by atoms with E-state index in [1.165, 1.54) is 6.07 Å². The van der Waals surface area contributed by atoms with Crippen LogP contribution in [0.25, 0.3) is 11.1 Å². The molecule has 3 rings (SSSR count). The summed E-state index contributed by atoms with van der Waals surface area (Å²) in [5, 5.41) is 0. The highest BCUT2D eigenvalue weighted by Gasteiger charge is 2.28. The molecule has 1 aliphatic rings. The number of nitrogens with zero attached hydrogens (tertiary/aromatic N) is 1. The highest BCUT2D eigenvalue weighted by atomic mass is 16.3. The Hall–Kier alpha value is -3.50. The van der Waals surface area contributed by atoms with E-state index in [2.05, 4.69) is 45.5 Å². The summed E-state index contributed by atoms with van der Waals surface area (Å²) in [5.74, 6) is 8.05. The normalized spacial score (nSPS) is 16.8.